The van der Waals surface area contributed by atoms with Gasteiger partial charge in [-0.25, -0.2) is 4.68 Å². The van der Waals surface area contributed by atoms with Crippen LogP contribution in [0.1, 0.15) is 25.7 Å². The van der Waals surface area contributed by atoms with Crippen LogP contribution in [0.25, 0.3) is 0 Å². The zero-order chi connectivity index (χ0) is 13.1. The molecule has 1 aromatic rings. The molecule has 0 spiro atoms. The lowest BCUT2D eigenvalue weighted by atomic mass is 10.1. The average molecular weight is 265 g/mol. The van der Waals surface area contributed by atoms with Crippen molar-refractivity contribution in [1.29, 1.82) is 0 Å². The Bertz CT molecular complexity index is 418. The fourth-order valence-corrected chi connectivity index (χ4v) is 2.49. The van der Waals surface area contributed by atoms with Crippen molar-refractivity contribution >= 4 is 5.91 Å². The summed E-state index contributed by atoms with van der Waals surface area (Å²) in [5.74, 6) is 0.916. The molecule has 1 amide bonds. The summed E-state index contributed by atoms with van der Waals surface area (Å²) in [6, 6.07) is 0. The normalized spacial score (nSPS) is 23.6. The number of nitrogens with zero attached hydrogens (tertiary/aromatic N) is 5. The summed E-state index contributed by atoms with van der Waals surface area (Å²) >= 11 is 0. The number of rotatable bonds is 5. The van der Waals surface area contributed by atoms with Gasteiger partial charge in [0.05, 0.1) is 12.7 Å². The first-order valence-corrected chi connectivity index (χ1v) is 6.93. The van der Waals surface area contributed by atoms with Crippen molar-refractivity contribution in [1.82, 2.24) is 25.1 Å². The summed E-state index contributed by atoms with van der Waals surface area (Å²) < 4.78 is 7.37. The van der Waals surface area contributed by atoms with E-state index in [4.69, 9.17) is 4.74 Å². The molecule has 1 saturated heterocycles. The Labute approximate surface area is 111 Å². The Morgan fingerprint density at radius 1 is 1.42 bits per heavy atom. The lowest BCUT2D eigenvalue weighted by Gasteiger charge is -2.33. The van der Waals surface area contributed by atoms with Gasteiger partial charge in [-0.3, -0.25) is 4.79 Å². The molecule has 0 N–H and O–H groups in total. The van der Waals surface area contributed by atoms with E-state index in [2.05, 4.69) is 15.5 Å². The number of carbonyl (C=O) groups is 1. The van der Waals surface area contributed by atoms with Crippen molar-refractivity contribution in [3.63, 3.8) is 0 Å². The van der Waals surface area contributed by atoms with Crippen LogP contribution in [-0.4, -0.2) is 56.8 Å². The number of ether oxygens (including phenoxy) is 1. The summed E-state index contributed by atoms with van der Waals surface area (Å²) in [7, 11) is 0. The number of hydrogen-bond donors (Lipinski definition) is 0. The molecule has 1 atom stereocenters. The van der Waals surface area contributed by atoms with Crippen LogP contribution < -0.4 is 0 Å². The molecular formula is C12H19N5O2. The SMILES string of the molecule is O=C(CCCn1cnnn1)N1CCOC(C2CC2)C1. The molecule has 1 aliphatic heterocycles. The van der Waals surface area contributed by atoms with E-state index in [9.17, 15) is 4.79 Å². The summed E-state index contributed by atoms with van der Waals surface area (Å²) in [6.45, 7) is 2.87. The smallest absolute Gasteiger partial charge is 0.222 e. The van der Waals surface area contributed by atoms with Gasteiger partial charge in [0.15, 0.2) is 0 Å². The second kappa shape index (κ2) is 5.64. The molecular weight excluding hydrogens is 246 g/mol. The lowest BCUT2D eigenvalue weighted by molar-refractivity contribution is -0.139. The molecule has 1 saturated carbocycles. The van der Waals surface area contributed by atoms with Gasteiger partial charge in [-0.2, -0.15) is 0 Å². The Morgan fingerprint density at radius 2 is 2.32 bits per heavy atom. The highest BCUT2D eigenvalue weighted by molar-refractivity contribution is 5.76. The molecule has 0 radical (unpaired) electrons. The van der Waals surface area contributed by atoms with Crippen LogP contribution >= 0.6 is 0 Å². The largest absolute Gasteiger partial charge is 0.374 e. The Hall–Kier alpha value is -1.50. The van der Waals surface area contributed by atoms with Crippen LogP contribution in [0.3, 0.4) is 0 Å². The van der Waals surface area contributed by atoms with E-state index in [-0.39, 0.29) is 12.0 Å². The molecule has 2 aliphatic rings. The van der Waals surface area contributed by atoms with Gasteiger partial charge in [0.1, 0.15) is 6.33 Å². The summed E-state index contributed by atoms with van der Waals surface area (Å²) in [6.07, 6.45) is 5.68. The number of hydrogen-bond acceptors (Lipinski definition) is 5. The van der Waals surface area contributed by atoms with Gasteiger partial charge in [0.25, 0.3) is 0 Å². The Kier molecular flexibility index (Phi) is 3.72. The predicted molar refractivity (Wildman–Crippen MR) is 66.1 cm³/mol. The molecule has 2 heterocycles. The third kappa shape index (κ3) is 3.28. The topological polar surface area (TPSA) is 73.1 Å². The maximum atomic E-state index is 12.1. The third-order valence-electron chi connectivity index (χ3n) is 3.76. The van der Waals surface area contributed by atoms with Gasteiger partial charge < -0.3 is 9.64 Å². The van der Waals surface area contributed by atoms with E-state index in [1.807, 2.05) is 4.90 Å². The molecule has 0 bridgehead atoms. The summed E-state index contributed by atoms with van der Waals surface area (Å²) in [5.41, 5.74) is 0. The minimum absolute atomic E-state index is 0.224. The number of carbonyl (C=O) groups excluding carboxylic acids is 1. The highest BCUT2D eigenvalue weighted by Gasteiger charge is 2.36. The molecule has 1 aliphatic carbocycles. The maximum Gasteiger partial charge on any atom is 0.222 e. The van der Waals surface area contributed by atoms with Crippen molar-refractivity contribution in [3.05, 3.63) is 6.33 Å². The fraction of sp³-hybridized carbons (Fsp3) is 0.833. The molecule has 2 fully saturated rings. The van der Waals surface area contributed by atoms with Gasteiger partial charge in [-0.05, 0) is 35.6 Å². The molecule has 104 valence electrons. The van der Waals surface area contributed by atoms with Crippen molar-refractivity contribution in [2.24, 2.45) is 5.92 Å². The zero-order valence-corrected chi connectivity index (χ0v) is 10.9. The van der Waals surface area contributed by atoms with Crippen LogP contribution in [0.2, 0.25) is 0 Å². The van der Waals surface area contributed by atoms with Crippen molar-refractivity contribution < 1.29 is 9.53 Å². The van der Waals surface area contributed by atoms with Gasteiger partial charge in [-0.15, -0.1) is 5.10 Å². The van der Waals surface area contributed by atoms with E-state index in [0.717, 1.165) is 19.5 Å². The molecule has 19 heavy (non-hydrogen) atoms. The van der Waals surface area contributed by atoms with Gasteiger partial charge in [0.2, 0.25) is 5.91 Å². The van der Waals surface area contributed by atoms with Crippen molar-refractivity contribution in [3.8, 4) is 0 Å². The van der Waals surface area contributed by atoms with Crippen LogP contribution in [0, 0.1) is 5.92 Å². The number of morpholine rings is 1. The van der Waals surface area contributed by atoms with Crippen LogP contribution in [0.4, 0.5) is 0 Å². The van der Waals surface area contributed by atoms with E-state index in [1.165, 1.54) is 12.8 Å². The van der Waals surface area contributed by atoms with Crippen LogP contribution in [0.5, 0.6) is 0 Å². The maximum absolute atomic E-state index is 12.1. The number of amides is 1. The number of aryl methyl sites for hydroxylation is 1. The first-order chi connectivity index (χ1) is 9.33. The van der Waals surface area contributed by atoms with Crippen molar-refractivity contribution in [2.75, 3.05) is 19.7 Å². The highest BCUT2D eigenvalue weighted by atomic mass is 16.5. The standard InChI is InChI=1S/C12H19N5O2/c18-12(2-1-5-17-9-13-14-15-17)16-6-7-19-11(8-16)10-3-4-10/h9-11H,1-8H2. The van der Waals surface area contributed by atoms with Crippen LogP contribution in [-0.2, 0) is 16.1 Å². The molecule has 7 nitrogen and oxygen atoms in total. The molecule has 0 aromatic carbocycles. The Balaban J connectivity index is 1.41. The first kappa shape index (κ1) is 12.5. The van der Waals surface area contributed by atoms with Crippen LogP contribution in [0.15, 0.2) is 6.33 Å². The molecule has 1 unspecified atom stereocenters. The van der Waals surface area contributed by atoms with Gasteiger partial charge in [0, 0.05) is 26.1 Å². The first-order valence-electron chi connectivity index (χ1n) is 6.93. The summed E-state index contributed by atoms with van der Waals surface area (Å²) in [5, 5.41) is 10.9. The minimum atomic E-state index is 0.224. The van der Waals surface area contributed by atoms with E-state index >= 15 is 0 Å². The molecule has 7 heteroatoms. The predicted octanol–water partition coefficient (Wildman–Crippen LogP) is 0.0907. The lowest BCUT2D eigenvalue weighted by Crippen LogP contribution is -2.46. The van der Waals surface area contributed by atoms with E-state index in [1.54, 1.807) is 11.0 Å². The average Bonchev–Trinajstić information content (AvgIpc) is 3.17. The zero-order valence-electron chi connectivity index (χ0n) is 10.9. The van der Waals surface area contributed by atoms with Gasteiger partial charge >= 0.3 is 0 Å². The Morgan fingerprint density at radius 3 is 3.05 bits per heavy atom. The molecule has 1 aromatic heterocycles. The monoisotopic (exact) mass is 265 g/mol. The van der Waals surface area contributed by atoms with E-state index < -0.39 is 0 Å². The van der Waals surface area contributed by atoms with Crippen molar-refractivity contribution in [2.45, 2.75) is 38.3 Å². The quantitative estimate of drug-likeness (QED) is 0.754. The van der Waals surface area contributed by atoms with E-state index in [0.29, 0.717) is 25.5 Å². The fourth-order valence-electron chi connectivity index (χ4n) is 2.49. The summed E-state index contributed by atoms with van der Waals surface area (Å²) in [4.78, 5) is 14.1. The number of aromatic nitrogens is 4. The second-order valence-corrected chi connectivity index (χ2v) is 5.26. The second-order valence-electron chi connectivity index (χ2n) is 5.26. The highest BCUT2D eigenvalue weighted by Crippen LogP contribution is 2.35. The van der Waals surface area contributed by atoms with Gasteiger partial charge in [-0.1, -0.05) is 0 Å². The molecule has 3 rings (SSSR count). The number of tetrazole rings is 1. The third-order valence-corrected chi connectivity index (χ3v) is 3.76. The minimum Gasteiger partial charge on any atom is -0.374 e.